The third-order valence-corrected chi connectivity index (χ3v) is 2.98. The topological polar surface area (TPSA) is 57.6 Å². The van der Waals surface area contributed by atoms with Gasteiger partial charge in [-0.2, -0.15) is 0 Å². The lowest BCUT2D eigenvalue weighted by molar-refractivity contribution is -0.141. The van der Waals surface area contributed by atoms with Gasteiger partial charge in [-0.3, -0.25) is 9.59 Å². The Labute approximate surface area is 83.9 Å². The minimum atomic E-state index is -0.764. The van der Waals surface area contributed by atoms with E-state index < -0.39 is 5.97 Å². The van der Waals surface area contributed by atoms with Gasteiger partial charge in [0, 0.05) is 19.5 Å². The van der Waals surface area contributed by atoms with Gasteiger partial charge in [-0.25, -0.2) is 0 Å². The fourth-order valence-corrected chi connectivity index (χ4v) is 1.90. The average molecular weight is 199 g/mol. The molecule has 0 radical (unpaired) electrons. The molecule has 1 fully saturated rings. The summed E-state index contributed by atoms with van der Waals surface area (Å²) in [4.78, 5) is 24.0. The fraction of sp³-hybridized carbons (Fsp3) is 0.800. The number of carboxylic acids is 1. The number of aliphatic carboxylic acids is 1. The van der Waals surface area contributed by atoms with Crippen LogP contribution in [-0.4, -0.2) is 35.5 Å². The third kappa shape index (κ3) is 2.25. The summed E-state index contributed by atoms with van der Waals surface area (Å²) in [5, 5.41) is 8.78. The highest BCUT2D eigenvalue weighted by Crippen LogP contribution is 2.31. The zero-order valence-corrected chi connectivity index (χ0v) is 8.69. The van der Waals surface area contributed by atoms with E-state index in [-0.39, 0.29) is 17.7 Å². The van der Waals surface area contributed by atoms with E-state index in [9.17, 15) is 9.59 Å². The van der Waals surface area contributed by atoms with E-state index in [0.29, 0.717) is 19.4 Å². The molecule has 14 heavy (non-hydrogen) atoms. The van der Waals surface area contributed by atoms with Crippen molar-refractivity contribution in [2.24, 2.45) is 11.8 Å². The Morgan fingerprint density at radius 1 is 1.36 bits per heavy atom. The van der Waals surface area contributed by atoms with E-state index in [1.807, 2.05) is 6.92 Å². The molecule has 1 N–H and O–H groups in total. The molecule has 2 atom stereocenters. The van der Waals surface area contributed by atoms with Gasteiger partial charge in [0.05, 0.1) is 5.92 Å². The number of hydrogen-bond acceptors (Lipinski definition) is 2. The highest BCUT2D eigenvalue weighted by Gasteiger charge is 2.34. The first kappa shape index (κ1) is 11.0. The van der Waals surface area contributed by atoms with E-state index in [1.165, 1.54) is 0 Å². The van der Waals surface area contributed by atoms with Crippen LogP contribution < -0.4 is 0 Å². The van der Waals surface area contributed by atoms with Crippen LogP contribution in [0.5, 0.6) is 0 Å². The second-order valence-corrected chi connectivity index (χ2v) is 3.90. The van der Waals surface area contributed by atoms with E-state index in [4.69, 9.17) is 5.11 Å². The smallest absolute Gasteiger partial charge is 0.306 e. The Morgan fingerprint density at radius 3 is 2.36 bits per heavy atom. The molecule has 0 aliphatic heterocycles. The van der Waals surface area contributed by atoms with Gasteiger partial charge in [-0.15, -0.1) is 0 Å². The SMILES string of the molecule is CCN(C)C(=O)C1CCC(C(=O)O)C1. The van der Waals surface area contributed by atoms with E-state index >= 15 is 0 Å². The Balaban J connectivity index is 2.49. The third-order valence-electron chi connectivity index (χ3n) is 2.98. The molecule has 4 heteroatoms. The van der Waals surface area contributed by atoms with Crippen LogP contribution in [0.1, 0.15) is 26.2 Å². The fourth-order valence-electron chi connectivity index (χ4n) is 1.90. The first-order valence-electron chi connectivity index (χ1n) is 5.04. The summed E-state index contributed by atoms with van der Waals surface area (Å²) in [6.07, 6.45) is 1.88. The summed E-state index contributed by atoms with van der Waals surface area (Å²) in [5.41, 5.74) is 0. The predicted molar refractivity (Wildman–Crippen MR) is 51.8 cm³/mol. The molecule has 0 bridgehead atoms. The van der Waals surface area contributed by atoms with Gasteiger partial charge >= 0.3 is 5.97 Å². The number of carboxylic acid groups (broad SMARTS) is 1. The zero-order valence-electron chi connectivity index (χ0n) is 8.69. The van der Waals surface area contributed by atoms with Crippen molar-refractivity contribution in [3.63, 3.8) is 0 Å². The highest BCUT2D eigenvalue weighted by atomic mass is 16.4. The minimum absolute atomic E-state index is 0.0685. The van der Waals surface area contributed by atoms with Crippen LogP contribution in [0, 0.1) is 11.8 Å². The molecular weight excluding hydrogens is 182 g/mol. The maximum absolute atomic E-state index is 11.7. The Bertz CT molecular complexity index is 240. The monoisotopic (exact) mass is 199 g/mol. The number of carbonyl (C=O) groups is 2. The number of hydrogen-bond donors (Lipinski definition) is 1. The quantitative estimate of drug-likeness (QED) is 0.736. The van der Waals surface area contributed by atoms with Gasteiger partial charge in [0.15, 0.2) is 0 Å². The summed E-state index contributed by atoms with van der Waals surface area (Å²) in [6.45, 7) is 2.61. The van der Waals surface area contributed by atoms with Crippen LogP contribution in [0.15, 0.2) is 0 Å². The van der Waals surface area contributed by atoms with Crippen molar-refractivity contribution in [1.29, 1.82) is 0 Å². The Hall–Kier alpha value is -1.06. The van der Waals surface area contributed by atoms with Crippen molar-refractivity contribution < 1.29 is 14.7 Å². The van der Waals surface area contributed by atoms with Gasteiger partial charge in [0.25, 0.3) is 0 Å². The molecule has 2 unspecified atom stereocenters. The molecule has 0 aromatic carbocycles. The van der Waals surface area contributed by atoms with Gasteiger partial charge in [-0.1, -0.05) is 0 Å². The lowest BCUT2D eigenvalue weighted by Gasteiger charge is -2.18. The molecule has 1 saturated carbocycles. The molecule has 0 heterocycles. The van der Waals surface area contributed by atoms with E-state index in [1.54, 1.807) is 11.9 Å². The van der Waals surface area contributed by atoms with Crippen molar-refractivity contribution >= 4 is 11.9 Å². The normalized spacial score (nSPS) is 26.1. The molecule has 80 valence electrons. The number of rotatable bonds is 3. The molecule has 0 aromatic rings. The molecule has 1 rings (SSSR count). The lowest BCUT2D eigenvalue weighted by Crippen LogP contribution is -2.31. The Kier molecular flexibility index (Phi) is 3.49. The van der Waals surface area contributed by atoms with Gasteiger partial charge in [-0.05, 0) is 26.2 Å². The van der Waals surface area contributed by atoms with Crippen molar-refractivity contribution in [2.45, 2.75) is 26.2 Å². The summed E-state index contributed by atoms with van der Waals surface area (Å²) in [7, 11) is 1.76. The first-order valence-corrected chi connectivity index (χ1v) is 5.04. The second kappa shape index (κ2) is 4.44. The summed E-state index contributed by atoms with van der Waals surface area (Å²) >= 11 is 0. The molecule has 0 spiro atoms. The zero-order chi connectivity index (χ0) is 10.7. The highest BCUT2D eigenvalue weighted by molar-refractivity contribution is 5.80. The maximum atomic E-state index is 11.7. The number of amides is 1. The summed E-state index contributed by atoms with van der Waals surface area (Å²) in [5.74, 6) is -1.05. The van der Waals surface area contributed by atoms with E-state index in [2.05, 4.69) is 0 Å². The first-order chi connectivity index (χ1) is 6.56. The van der Waals surface area contributed by atoms with Gasteiger partial charge in [0.1, 0.15) is 0 Å². The van der Waals surface area contributed by atoms with E-state index in [0.717, 1.165) is 6.42 Å². The van der Waals surface area contributed by atoms with Crippen molar-refractivity contribution in [3.8, 4) is 0 Å². The standard InChI is InChI=1S/C10H17NO3/c1-3-11(2)9(12)7-4-5-8(6-7)10(13)14/h7-8H,3-6H2,1-2H3,(H,13,14). The number of nitrogens with zero attached hydrogens (tertiary/aromatic N) is 1. The summed E-state index contributed by atoms with van der Waals surface area (Å²) < 4.78 is 0. The van der Waals surface area contributed by atoms with Crippen molar-refractivity contribution in [3.05, 3.63) is 0 Å². The van der Waals surface area contributed by atoms with Crippen molar-refractivity contribution in [2.75, 3.05) is 13.6 Å². The van der Waals surface area contributed by atoms with Crippen LogP contribution in [0.4, 0.5) is 0 Å². The predicted octanol–water partition coefficient (Wildman–Crippen LogP) is 0.966. The Morgan fingerprint density at radius 2 is 1.93 bits per heavy atom. The van der Waals surface area contributed by atoms with Crippen LogP contribution in [0.25, 0.3) is 0 Å². The molecular formula is C10H17NO3. The molecule has 0 saturated heterocycles. The van der Waals surface area contributed by atoms with Gasteiger partial charge in [0.2, 0.25) is 5.91 Å². The largest absolute Gasteiger partial charge is 0.481 e. The van der Waals surface area contributed by atoms with Gasteiger partial charge < -0.3 is 10.0 Å². The average Bonchev–Trinajstić information content (AvgIpc) is 2.64. The van der Waals surface area contributed by atoms with Crippen molar-refractivity contribution in [1.82, 2.24) is 4.90 Å². The minimum Gasteiger partial charge on any atom is -0.481 e. The molecule has 1 amide bonds. The van der Waals surface area contributed by atoms with Crippen LogP contribution in [0.2, 0.25) is 0 Å². The molecule has 1 aliphatic rings. The lowest BCUT2D eigenvalue weighted by atomic mass is 10.0. The molecule has 1 aliphatic carbocycles. The maximum Gasteiger partial charge on any atom is 0.306 e. The summed E-state index contributed by atoms with van der Waals surface area (Å²) in [6, 6.07) is 0. The van der Waals surface area contributed by atoms with Crippen LogP contribution in [0.3, 0.4) is 0 Å². The molecule has 4 nitrogen and oxygen atoms in total. The van der Waals surface area contributed by atoms with Crippen LogP contribution in [-0.2, 0) is 9.59 Å². The van der Waals surface area contributed by atoms with Crippen LogP contribution >= 0.6 is 0 Å². The second-order valence-electron chi connectivity index (χ2n) is 3.90. The molecule has 0 aromatic heterocycles. The number of carbonyl (C=O) groups excluding carboxylic acids is 1.